The summed E-state index contributed by atoms with van der Waals surface area (Å²) in [5, 5.41) is 5.52. The van der Waals surface area contributed by atoms with E-state index in [4.69, 9.17) is 18.5 Å². The third-order valence-corrected chi connectivity index (χ3v) is 6.23. The first kappa shape index (κ1) is 28.1. The summed E-state index contributed by atoms with van der Waals surface area (Å²) in [5.74, 6) is -0.472. The van der Waals surface area contributed by atoms with Gasteiger partial charge in [0.1, 0.15) is 23.9 Å². The van der Waals surface area contributed by atoms with Crippen LogP contribution in [0.3, 0.4) is 0 Å². The van der Waals surface area contributed by atoms with E-state index in [1.165, 1.54) is 20.2 Å². The van der Waals surface area contributed by atoms with Crippen LogP contribution in [0.25, 0.3) is 0 Å². The Labute approximate surface area is 201 Å². The Morgan fingerprint density at radius 3 is 2.43 bits per heavy atom. The van der Waals surface area contributed by atoms with Crippen LogP contribution in [-0.4, -0.2) is 53.5 Å². The Bertz CT molecular complexity index is 1140. The number of nitrogens with zero attached hydrogens (tertiary/aromatic N) is 2. The van der Waals surface area contributed by atoms with E-state index >= 15 is 0 Å². The highest BCUT2D eigenvalue weighted by atomic mass is 31.2. The van der Waals surface area contributed by atoms with Crippen molar-refractivity contribution in [3.8, 4) is 5.75 Å². The van der Waals surface area contributed by atoms with Crippen LogP contribution in [0.5, 0.6) is 5.75 Å². The molecule has 0 bridgehead atoms. The monoisotopic (exact) mass is 512 g/mol. The van der Waals surface area contributed by atoms with E-state index in [9.17, 15) is 23.9 Å². The third kappa shape index (κ3) is 8.87. The number of ether oxygens (including phenoxy) is 2. The first-order valence-electron chi connectivity index (χ1n) is 10.7. The van der Waals surface area contributed by atoms with Gasteiger partial charge in [0.05, 0.1) is 19.3 Å². The average Bonchev–Trinajstić information content (AvgIpc) is 2.80. The summed E-state index contributed by atoms with van der Waals surface area (Å²) < 4.78 is 36.1. The van der Waals surface area contributed by atoms with E-state index in [0.29, 0.717) is 0 Å². The number of carbonyl (C=O) groups excluding carboxylic acids is 1. The molecule has 1 heterocycles. The van der Waals surface area contributed by atoms with Crippen molar-refractivity contribution < 1.29 is 27.9 Å². The molecule has 1 aromatic heterocycles. The molecule has 2 aromatic rings. The second kappa shape index (κ2) is 13.1. The number of nitroso groups, excluding NO2 is 1. The summed E-state index contributed by atoms with van der Waals surface area (Å²) >= 11 is 0. The minimum Gasteiger partial charge on any atom is -0.462 e. The molecular weight excluding hydrogens is 483 g/mol. The Balaban J connectivity index is 2.20. The molecule has 0 aliphatic carbocycles. The molecule has 0 radical (unpaired) electrons. The van der Waals surface area contributed by atoms with Crippen LogP contribution in [0, 0.1) is 4.91 Å². The number of nitrogens with one attached hydrogen (secondary N) is 2. The lowest BCUT2D eigenvalue weighted by Crippen LogP contribution is -2.40. The van der Waals surface area contributed by atoms with Crippen LogP contribution >= 0.6 is 7.75 Å². The van der Waals surface area contributed by atoms with E-state index in [2.05, 4.69) is 15.2 Å². The number of methoxy groups -OCH3 is 1. The van der Waals surface area contributed by atoms with Gasteiger partial charge in [0.2, 0.25) is 0 Å². The van der Waals surface area contributed by atoms with Crippen LogP contribution in [0.1, 0.15) is 20.8 Å². The number of rotatable bonds is 14. The fraction of sp³-hybridized carbons (Fsp3) is 0.476. The van der Waals surface area contributed by atoms with Crippen LogP contribution in [-0.2, 0) is 29.9 Å². The van der Waals surface area contributed by atoms with Gasteiger partial charge in [0.25, 0.3) is 5.56 Å². The van der Waals surface area contributed by atoms with Gasteiger partial charge >= 0.3 is 19.4 Å². The molecule has 3 unspecified atom stereocenters. The van der Waals surface area contributed by atoms with Gasteiger partial charge in [-0.25, -0.2) is 9.36 Å². The number of hydrogen-bond acceptors (Lipinski definition) is 10. The van der Waals surface area contributed by atoms with Crippen molar-refractivity contribution in [3.63, 3.8) is 0 Å². The number of carbonyl (C=O) groups is 1. The third-order valence-electron chi connectivity index (χ3n) is 4.58. The van der Waals surface area contributed by atoms with Gasteiger partial charge in [-0.3, -0.25) is 23.7 Å². The second-order valence-corrected chi connectivity index (χ2v) is 9.44. The zero-order valence-electron chi connectivity index (χ0n) is 19.8. The molecule has 1 aromatic carbocycles. The number of aromatic nitrogens is 2. The van der Waals surface area contributed by atoms with Crippen molar-refractivity contribution in [2.75, 3.05) is 13.7 Å². The lowest BCUT2D eigenvalue weighted by molar-refractivity contribution is -0.149. The molecule has 14 heteroatoms. The maximum absolute atomic E-state index is 13.5. The highest BCUT2D eigenvalue weighted by Crippen LogP contribution is 2.45. The van der Waals surface area contributed by atoms with Gasteiger partial charge in [0.15, 0.2) is 0 Å². The van der Waals surface area contributed by atoms with Crippen molar-refractivity contribution in [3.05, 3.63) is 68.3 Å². The molecule has 2 rings (SSSR count). The summed E-state index contributed by atoms with van der Waals surface area (Å²) in [6.45, 7) is 4.08. The molecule has 0 spiro atoms. The summed E-state index contributed by atoms with van der Waals surface area (Å²) in [6, 6.07) is 7.02. The zero-order chi connectivity index (χ0) is 26.0. The van der Waals surface area contributed by atoms with Crippen molar-refractivity contribution in [1.29, 1.82) is 0 Å². The lowest BCUT2D eigenvalue weighted by Gasteiger charge is -2.26. The van der Waals surface area contributed by atoms with Gasteiger partial charge in [-0.15, -0.1) is 0 Å². The number of esters is 1. The maximum Gasteiger partial charge on any atom is 0.459 e. The van der Waals surface area contributed by atoms with Crippen LogP contribution in [0.2, 0.25) is 0 Å². The molecule has 0 saturated heterocycles. The van der Waals surface area contributed by atoms with Crippen LogP contribution in [0.15, 0.2) is 57.4 Å². The molecule has 0 amide bonds. The molecule has 35 heavy (non-hydrogen) atoms. The zero-order valence-corrected chi connectivity index (χ0v) is 20.7. The topological polar surface area (TPSA) is 167 Å². The average molecular weight is 512 g/mol. The molecule has 4 atom stereocenters. The van der Waals surface area contributed by atoms with Crippen LogP contribution in [0.4, 0.5) is 0 Å². The fourth-order valence-corrected chi connectivity index (χ4v) is 4.35. The van der Waals surface area contributed by atoms with Gasteiger partial charge < -0.3 is 14.0 Å². The molecule has 0 fully saturated rings. The molecule has 2 N–H and O–H groups in total. The predicted molar refractivity (Wildman–Crippen MR) is 126 cm³/mol. The molecule has 192 valence electrons. The van der Waals surface area contributed by atoms with Gasteiger partial charge in [-0.1, -0.05) is 23.4 Å². The highest BCUT2D eigenvalue weighted by molar-refractivity contribution is 7.52. The van der Waals surface area contributed by atoms with Gasteiger partial charge in [0, 0.05) is 19.4 Å². The number of hydrogen-bond donors (Lipinski definition) is 2. The van der Waals surface area contributed by atoms with Gasteiger partial charge in [-0.2, -0.15) is 9.99 Å². The van der Waals surface area contributed by atoms with E-state index < -0.39 is 55.9 Å². The standard InChI is InChI=1S/C21H29N4O9P/c1-14(2)33-20(27)15(3)24-35(30,34-16-8-6-5-7-9-16)32-13-18(31-4)17(23-29)12-25-11-10-19(26)22-21(25)28/h5-11,14-15,17-18H,12-13H2,1-4H3,(H,24,30)(H,22,26,28)/t15?,17-,18?,35?/m0/s1. The smallest absolute Gasteiger partial charge is 0.459 e. The first-order valence-corrected chi connectivity index (χ1v) is 12.2. The van der Waals surface area contributed by atoms with Crippen molar-refractivity contribution in [2.24, 2.45) is 5.18 Å². The quantitative estimate of drug-likeness (QED) is 0.216. The molecule has 0 aliphatic rings. The fourth-order valence-electron chi connectivity index (χ4n) is 2.85. The molecule has 13 nitrogen and oxygen atoms in total. The summed E-state index contributed by atoms with van der Waals surface area (Å²) in [7, 11) is -2.92. The van der Waals surface area contributed by atoms with E-state index in [0.717, 1.165) is 10.6 Å². The minimum atomic E-state index is -4.20. The second-order valence-electron chi connectivity index (χ2n) is 7.74. The minimum absolute atomic E-state index is 0.201. The maximum atomic E-state index is 13.5. The largest absolute Gasteiger partial charge is 0.462 e. The molecule has 0 saturated carbocycles. The van der Waals surface area contributed by atoms with Gasteiger partial charge in [-0.05, 0) is 32.9 Å². The van der Waals surface area contributed by atoms with E-state index in [1.54, 1.807) is 44.2 Å². The normalized spacial score (nSPS) is 15.6. The number of benzene rings is 1. The van der Waals surface area contributed by atoms with Crippen LogP contribution < -0.4 is 20.9 Å². The summed E-state index contributed by atoms with van der Waals surface area (Å²) in [6.07, 6.45) is -0.241. The number of para-hydroxylation sites is 1. The van der Waals surface area contributed by atoms with Crippen molar-refractivity contribution in [1.82, 2.24) is 14.6 Å². The SMILES string of the molecule is COC(COP(=O)(NC(C)C(=O)OC(C)C)Oc1ccccc1)[C@H](Cn1ccc(=O)[nH]c1=O)N=O. The summed E-state index contributed by atoms with van der Waals surface area (Å²) in [4.78, 5) is 49.1. The number of aromatic amines is 1. The Morgan fingerprint density at radius 2 is 1.86 bits per heavy atom. The summed E-state index contributed by atoms with van der Waals surface area (Å²) in [5.41, 5.74) is -1.33. The van der Waals surface area contributed by atoms with E-state index in [1.807, 2.05) is 0 Å². The van der Waals surface area contributed by atoms with Crippen molar-refractivity contribution >= 4 is 13.7 Å². The molecule has 0 aliphatic heterocycles. The first-order chi connectivity index (χ1) is 16.6. The van der Waals surface area contributed by atoms with Crippen molar-refractivity contribution in [2.45, 2.75) is 51.6 Å². The Hall–Kier alpha value is -3.12. The lowest BCUT2D eigenvalue weighted by atomic mass is 10.2. The predicted octanol–water partition coefficient (Wildman–Crippen LogP) is 1.82. The number of H-pyrrole nitrogens is 1. The van der Waals surface area contributed by atoms with E-state index in [-0.39, 0.29) is 12.3 Å². The highest BCUT2D eigenvalue weighted by Gasteiger charge is 2.35. The Kier molecular flexibility index (Phi) is 10.5. The molecular formula is C21H29N4O9P. The Morgan fingerprint density at radius 1 is 1.17 bits per heavy atom.